The summed E-state index contributed by atoms with van der Waals surface area (Å²) in [4.78, 5) is 8.77. The fraction of sp³-hybridized carbons (Fsp3) is 0.105. The van der Waals surface area contributed by atoms with Crippen LogP contribution in [0.15, 0.2) is 61.2 Å². The summed E-state index contributed by atoms with van der Waals surface area (Å²) in [6, 6.07) is 14.8. The van der Waals surface area contributed by atoms with E-state index in [2.05, 4.69) is 47.2 Å². The van der Waals surface area contributed by atoms with Crippen LogP contribution in [0.2, 0.25) is 0 Å². The molecule has 4 aromatic rings. The van der Waals surface area contributed by atoms with Crippen LogP contribution < -0.4 is 4.57 Å². The van der Waals surface area contributed by atoms with Crippen molar-refractivity contribution < 1.29 is 4.57 Å². The molecule has 2 aromatic carbocycles. The highest BCUT2D eigenvalue weighted by atomic mass is 15.0. The van der Waals surface area contributed by atoms with E-state index in [1.807, 2.05) is 42.5 Å². The van der Waals surface area contributed by atoms with Gasteiger partial charge in [0.1, 0.15) is 11.9 Å². The molecule has 2 heterocycles. The van der Waals surface area contributed by atoms with Gasteiger partial charge in [0.15, 0.2) is 0 Å². The molecule has 0 atom stereocenters. The van der Waals surface area contributed by atoms with Gasteiger partial charge < -0.3 is 0 Å². The third-order valence-electron chi connectivity index (χ3n) is 4.15. The summed E-state index contributed by atoms with van der Waals surface area (Å²) < 4.78 is 2.05. The summed E-state index contributed by atoms with van der Waals surface area (Å²) in [5.74, 6) is 0. The minimum absolute atomic E-state index is 1.04. The van der Waals surface area contributed by atoms with Crippen molar-refractivity contribution in [2.24, 2.45) is 7.05 Å². The number of fused-ring (bicyclic) bond motifs is 3. The topological polar surface area (TPSA) is 29.7 Å². The Hall–Kier alpha value is -2.81. The van der Waals surface area contributed by atoms with E-state index in [4.69, 9.17) is 0 Å². The lowest BCUT2D eigenvalue weighted by molar-refractivity contribution is -0.663. The molecule has 0 bridgehead atoms. The second-order valence-corrected chi connectivity index (χ2v) is 5.61. The molecule has 0 saturated carbocycles. The van der Waals surface area contributed by atoms with Crippen LogP contribution in [-0.2, 0) is 7.05 Å². The highest BCUT2D eigenvalue weighted by Gasteiger charge is 2.12. The van der Waals surface area contributed by atoms with E-state index in [-0.39, 0.29) is 0 Å². The van der Waals surface area contributed by atoms with Crippen molar-refractivity contribution in [1.29, 1.82) is 0 Å². The summed E-state index contributed by atoms with van der Waals surface area (Å²) in [6.07, 6.45) is 5.61. The monoisotopic (exact) mass is 286 g/mol. The molecule has 3 heteroatoms. The molecular formula is C19H16N3+. The number of aryl methyl sites for hydroxylation is 2. The molecule has 0 aliphatic heterocycles. The van der Waals surface area contributed by atoms with Crippen LogP contribution in [0.4, 0.5) is 0 Å². The molecule has 0 spiro atoms. The molecule has 106 valence electrons. The first-order valence-electron chi connectivity index (χ1n) is 7.32. The van der Waals surface area contributed by atoms with E-state index in [1.165, 1.54) is 27.3 Å². The Morgan fingerprint density at radius 3 is 2.73 bits per heavy atom. The molecule has 0 aliphatic rings. The third kappa shape index (κ3) is 1.94. The number of aromatic nitrogens is 3. The molecule has 0 amide bonds. The van der Waals surface area contributed by atoms with Gasteiger partial charge in [-0.25, -0.2) is 4.57 Å². The summed E-state index contributed by atoms with van der Waals surface area (Å²) in [5.41, 5.74) is 4.63. The molecule has 22 heavy (non-hydrogen) atoms. The predicted molar refractivity (Wildman–Crippen MR) is 88.4 cm³/mol. The fourth-order valence-electron chi connectivity index (χ4n) is 3.00. The average molecular weight is 286 g/mol. The number of hydrogen-bond donors (Lipinski definition) is 0. The van der Waals surface area contributed by atoms with Crippen molar-refractivity contribution >= 4 is 21.7 Å². The van der Waals surface area contributed by atoms with Gasteiger partial charge in [0.05, 0.1) is 12.6 Å². The average Bonchev–Trinajstić information content (AvgIpc) is 2.55. The first-order chi connectivity index (χ1) is 10.7. The zero-order valence-electron chi connectivity index (χ0n) is 12.6. The Balaban J connectivity index is 2.10. The maximum atomic E-state index is 4.61. The van der Waals surface area contributed by atoms with Crippen molar-refractivity contribution in [3.63, 3.8) is 0 Å². The second-order valence-electron chi connectivity index (χ2n) is 5.61. The molecule has 0 saturated heterocycles. The molecule has 3 nitrogen and oxygen atoms in total. The van der Waals surface area contributed by atoms with Gasteiger partial charge in [-0.05, 0) is 30.0 Å². The molecule has 0 aliphatic carbocycles. The minimum atomic E-state index is 1.04. The molecule has 0 unspecified atom stereocenters. The van der Waals surface area contributed by atoms with E-state index in [0.717, 1.165) is 11.2 Å². The normalized spacial score (nSPS) is 11.2. The van der Waals surface area contributed by atoms with Gasteiger partial charge in [0, 0.05) is 28.6 Å². The van der Waals surface area contributed by atoms with Crippen LogP contribution in [0.5, 0.6) is 0 Å². The number of benzene rings is 2. The van der Waals surface area contributed by atoms with Crippen LogP contribution in [0, 0.1) is 6.92 Å². The Bertz CT molecular complexity index is 1010. The van der Waals surface area contributed by atoms with Crippen molar-refractivity contribution in [3.8, 4) is 11.3 Å². The molecule has 0 N–H and O–H groups in total. The predicted octanol–water partition coefficient (Wildman–Crippen LogP) is 3.58. The zero-order chi connectivity index (χ0) is 15.1. The summed E-state index contributed by atoms with van der Waals surface area (Å²) in [6.45, 7) is 2.13. The fourth-order valence-corrected chi connectivity index (χ4v) is 3.00. The van der Waals surface area contributed by atoms with Crippen LogP contribution in [0.25, 0.3) is 32.9 Å². The van der Waals surface area contributed by atoms with Crippen LogP contribution in [0.1, 0.15) is 5.56 Å². The number of hydrogen-bond acceptors (Lipinski definition) is 2. The lowest BCUT2D eigenvalue weighted by Gasteiger charge is -2.09. The molecule has 0 fully saturated rings. The quantitative estimate of drug-likeness (QED) is 0.395. The third-order valence-corrected chi connectivity index (χ3v) is 4.15. The van der Waals surface area contributed by atoms with Crippen molar-refractivity contribution in [3.05, 3.63) is 66.7 Å². The smallest absolute Gasteiger partial charge is 0.256 e. The standard InChI is InChI=1S/C19H16N3/c1-13-9-18-17(15-6-4-3-5-14(15)11-21-18)10-16(13)19-7-8-20-12-22(19)2/h3-12H,1-2H3/q+1. The minimum Gasteiger partial charge on any atom is -0.256 e. The Morgan fingerprint density at radius 1 is 1.00 bits per heavy atom. The Labute approximate surface area is 128 Å². The maximum Gasteiger partial charge on any atom is 0.286 e. The van der Waals surface area contributed by atoms with Gasteiger partial charge in [-0.15, -0.1) is 0 Å². The van der Waals surface area contributed by atoms with Crippen molar-refractivity contribution in [2.75, 3.05) is 0 Å². The van der Waals surface area contributed by atoms with Crippen LogP contribution in [0.3, 0.4) is 0 Å². The highest BCUT2D eigenvalue weighted by molar-refractivity contribution is 6.06. The largest absolute Gasteiger partial charge is 0.286 e. The van der Waals surface area contributed by atoms with Gasteiger partial charge in [0.2, 0.25) is 0 Å². The van der Waals surface area contributed by atoms with E-state index in [1.54, 1.807) is 0 Å². The first-order valence-corrected chi connectivity index (χ1v) is 7.32. The number of pyridine rings is 1. The Kier molecular flexibility index (Phi) is 2.86. The van der Waals surface area contributed by atoms with Gasteiger partial charge in [0.25, 0.3) is 6.33 Å². The highest BCUT2D eigenvalue weighted by Crippen LogP contribution is 2.29. The van der Waals surface area contributed by atoms with Crippen molar-refractivity contribution in [1.82, 2.24) is 9.97 Å². The van der Waals surface area contributed by atoms with E-state index in [0.29, 0.717) is 0 Å². The molecule has 4 rings (SSSR count). The summed E-state index contributed by atoms with van der Waals surface area (Å²) in [5, 5.41) is 3.60. The molecule has 0 radical (unpaired) electrons. The summed E-state index contributed by atoms with van der Waals surface area (Å²) in [7, 11) is 2.02. The van der Waals surface area contributed by atoms with Gasteiger partial charge in [-0.1, -0.05) is 29.2 Å². The van der Waals surface area contributed by atoms with E-state index >= 15 is 0 Å². The van der Waals surface area contributed by atoms with E-state index in [9.17, 15) is 0 Å². The van der Waals surface area contributed by atoms with Crippen molar-refractivity contribution in [2.45, 2.75) is 6.92 Å². The van der Waals surface area contributed by atoms with Gasteiger partial charge in [-0.2, -0.15) is 0 Å². The van der Waals surface area contributed by atoms with Crippen LogP contribution >= 0.6 is 0 Å². The molecular weight excluding hydrogens is 270 g/mol. The van der Waals surface area contributed by atoms with Gasteiger partial charge in [-0.3, -0.25) is 4.98 Å². The second kappa shape index (κ2) is 4.88. The number of nitrogens with zero attached hydrogens (tertiary/aromatic N) is 3. The Morgan fingerprint density at radius 2 is 1.86 bits per heavy atom. The lowest BCUT2D eigenvalue weighted by atomic mass is 9.99. The SMILES string of the molecule is Cc1cc2ncc3ccccc3c2cc1-c1ccnc[n+]1C. The maximum absolute atomic E-state index is 4.61. The van der Waals surface area contributed by atoms with Gasteiger partial charge >= 0.3 is 0 Å². The summed E-state index contributed by atoms with van der Waals surface area (Å²) >= 11 is 0. The van der Waals surface area contributed by atoms with Crippen LogP contribution in [-0.4, -0.2) is 9.97 Å². The zero-order valence-corrected chi connectivity index (χ0v) is 12.6. The molecule has 2 aromatic heterocycles. The number of rotatable bonds is 1. The van der Waals surface area contributed by atoms with E-state index < -0.39 is 0 Å². The lowest BCUT2D eigenvalue weighted by Crippen LogP contribution is -2.31. The first kappa shape index (κ1) is 12.9.